The molecule has 0 radical (unpaired) electrons. The van der Waals surface area contributed by atoms with Gasteiger partial charge in [0.05, 0.1) is 0 Å². The van der Waals surface area contributed by atoms with Crippen LogP contribution in [-0.2, 0) is 10.2 Å². The molecule has 1 heterocycles. The standard InChI is InChI=1S/C11H14OS/c1-8-4-6-13-10(8)11(2)5-3-9(12)7-11/h4,6H,3,5,7H2,1-2H3. The Hall–Kier alpha value is -0.630. The monoisotopic (exact) mass is 194 g/mol. The Labute approximate surface area is 82.8 Å². The molecule has 0 N–H and O–H groups in total. The average molecular weight is 194 g/mol. The Morgan fingerprint density at radius 1 is 1.54 bits per heavy atom. The summed E-state index contributed by atoms with van der Waals surface area (Å²) in [5, 5.41) is 2.12. The van der Waals surface area contributed by atoms with Crippen molar-refractivity contribution in [3.8, 4) is 0 Å². The van der Waals surface area contributed by atoms with Crippen molar-refractivity contribution < 1.29 is 4.79 Å². The lowest BCUT2D eigenvalue weighted by Gasteiger charge is -2.21. The number of carbonyl (C=O) groups is 1. The molecular formula is C11H14OS. The summed E-state index contributed by atoms with van der Waals surface area (Å²) in [7, 11) is 0. The molecule has 1 aromatic rings. The van der Waals surface area contributed by atoms with Crippen LogP contribution in [-0.4, -0.2) is 5.78 Å². The van der Waals surface area contributed by atoms with Gasteiger partial charge in [-0.15, -0.1) is 11.3 Å². The number of carbonyl (C=O) groups excluding carboxylic acids is 1. The van der Waals surface area contributed by atoms with E-state index in [1.165, 1.54) is 10.4 Å². The van der Waals surface area contributed by atoms with Gasteiger partial charge < -0.3 is 0 Å². The molecule has 0 aliphatic heterocycles. The lowest BCUT2D eigenvalue weighted by Crippen LogP contribution is -2.17. The van der Waals surface area contributed by atoms with Crippen molar-refractivity contribution in [2.45, 2.75) is 38.5 Å². The van der Waals surface area contributed by atoms with Crippen molar-refractivity contribution in [2.75, 3.05) is 0 Å². The average Bonchev–Trinajstić information content (AvgIpc) is 2.59. The molecule has 70 valence electrons. The minimum absolute atomic E-state index is 0.148. The number of Topliss-reactive ketones (excluding diaryl/α,β-unsaturated/α-hetero) is 1. The fourth-order valence-corrected chi connectivity index (χ4v) is 3.33. The van der Waals surface area contributed by atoms with E-state index in [1.807, 2.05) is 0 Å². The number of rotatable bonds is 1. The Kier molecular flexibility index (Phi) is 2.03. The molecule has 0 saturated heterocycles. The minimum atomic E-state index is 0.148. The summed E-state index contributed by atoms with van der Waals surface area (Å²) in [6.45, 7) is 4.36. The van der Waals surface area contributed by atoms with Crippen molar-refractivity contribution in [3.63, 3.8) is 0 Å². The predicted octanol–water partition coefficient (Wildman–Crippen LogP) is 3.07. The zero-order valence-electron chi connectivity index (χ0n) is 8.09. The van der Waals surface area contributed by atoms with E-state index in [9.17, 15) is 4.79 Å². The first-order valence-corrected chi connectivity index (χ1v) is 5.56. The zero-order valence-corrected chi connectivity index (χ0v) is 8.91. The van der Waals surface area contributed by atoms with E-state index in [0.717, 1.165) is 19.3 Å². The van der Waals surface area contributed by atoms with Crippen LogP contribution in [0.4, 0.5) is 0 Å². The molecule has 1 nitrogen and oxygen atoms in total. The van der Waals surface area contributed by atoms with Gasteiger partial charge in [0, 0.05) is 23.1 Å². The topological polar surface area (TPSA) is 17.1 Å². The molecule has 13 heavy (non-hydrogen) atoms. The van der Waals surface area contributed by atoms with E-state index < -0.39 is 0 Å². The molecule has 0 amide bonds. The van der Waals surface area contributed by atoms with Crippen molar-refractivity contribution in [1.29, 1.82) is 0 Å². The lowest BCUT2D eigenvalue weighted by atomic mass is 9.85. The molecule has 1 aliphatic carbocycles. The van der Waals surface area contributed by atoms with Crippen LogP contribution in [0.25, 0.3) is 0 Å². The fraction of sp³-hybridized carbons (Fsp3) is 0.545. The van der Waals surface area contributed by atoms with Crippen LogP contribution in [0.15, 0.2) is 11.4 Å². The highest BCUT2D eigenvalue weighted by atomic mass is 32.1. The summed E-state index contributed by atoms with van der Waals surface area (Å²) >= 11 is 1.80. The second kappa shape index (κ2) is 2.95. The van der Waals surface area contributed by atoms with Gasteiger partial charge in [-0.05, 0) is 30.4 Å². The molecule has 1 aliphatic rings. The van der Waals surface area contributed by atoms with E-state index in [-0.39, 0.29) is 5.41 Å². The van der Waals surface area contributed by atoms with Crippen molar-refractivity contribution >= 4 is 17.1 Å². The molecule has 1 saturated carbocycles. The summed E-state index contributed by atoms with van der Waals surface area (Å²) in [6, 6.07) is 2.15. The van der Waals surface area contributed by atoms with Gasteiger partial charge in [0.25, 0.3) is 0 Å². The third-order valence-electron chi connectivity index (χ3n) is 2.95. The van der Waals surface area contributed by atoms with E-state index in [0.29, 0.717) is 5.78 Å². The Bertz CT molecular complexity index is 340. The van der Waals surface area contributed by atoms with Crippen LogP contribution < -0.4 is 0 Å². The van der Waals surface area contributed by atoms with Gasteiger partial charge >= 0.3 is 0 Å². The molecule has 1 aromatic heterocycles. The fourth-order valence-electron chi connectivity index (χ4n) is 2.21. The second-order valence-electron chi connectivity index (χ2n) is 4.21. The van der Waals surface area contributed by atoms with E-state index in [2.05, 4.69) is 25.3 Å². The summed E-state index contributed by atoms with van der Waals surface area (Å²) in [5.74, 6) is 0.426. The number of aryl methyl sites for hydroxylation is 1. The summed E-state index contributed by atoms with van der Waals surface area (Å²) in [4.78, 5) is 12.7. The maximum atomic E-state index is 11.3. The van der Waals surface area contributed by atoms with Gasteiger partial charge in [-0.3, -0.25) is 4.79 Å². The summed E-state index contributed by atoms with van der Waals surface area (Å²) in [5.41, 5.74) is 1.50. The van der Waals surface area contributed by atoms with E-state index in [1.54, 1.807) is 11.3 Å². The van der Waals surface area contributed by atoms with Crippen LogP contribution >= 0.6 is 11.3 Å². The van der Waals surface area contributed by atoms with Gasteiger partial charge in [0.15, 0.2) is 0 Å². The minimum Gasteiger partial charge on any atom is -0.300 e. The second-order valence-corrected chi connectivity index (χ2v) is 5.12. The highest BCUT2D eigenvalue weighted by molar-refractivity contribution is 7.10. The first kappa shape index (κ1) is 8.95. The molecule has 0 spiro atoms. The smallest absolute Gasteiger partial charge is 0.133 e. The SMILES string of the molecule is Cc1ccsc1C1(C)CCC(=O)C1. The maximum absolute atomic E-state index is 11.3. The molecule has 0 aromatic carbocycles. The van der Waals surface area contributed by atoms with Gasteiger partial charge in [-0.25, -0.2) is 0 Å². The van der Waals surface area contributed by atoms with Crippen molar-refractivity contribution in [1.82, 2.24) is 0 Å². The zero-order chi connectivity index (χ0) is 9.47. The number of thiophene rings is 1. The molecular weight excluding hydrogens is 180 g/mol. The van der Waals surface area contributed by atoms with Crippen LogP contribution in [0.5, 0.6) is 0 Å². The van der Waals surface area contributed by atoms with Gasteiger partial charge in [-0.2, -0.15) is 0 Å². The Morgan fingerprint density at radius 2 is 2.31 bits per heavy atom. The van der Waals surface area contributed by atoms with Gasteiger partial charge in [0.2, 0.25) is 0 Å². The van der Waals surface area contributed by atoms with E-state index >= 15 is 0 Å². The normalized spacial score (nSPS) is 28.3. The first-order chi connectivity index (χ1) is 6.12. The van der Waals surface area contributed by atoms with Crippen LogP contribution in [0.2, 0.25) is 0 Å². The van der Waals surface area contributed by atoms with Crippen LogP contribution in [0.3, 0.4) is 0 Å². The third-order valence-corrected chi connectivity index (χ3v) is 4.28. The number of hydrogen-bond donors (Lipinski definition) is 0. The molecule has 2 rings (SSSR count). The quantitative estimate of drug-likeness (QED) is 0.671. The predicted molar refractivity (Wildman–Crippen MR) is 55.3 cm³/mol. The van der Waals surface area contributed by atoms with Gasteiger partial charge in [0.1, 0.15) is 5.78 Å². The maximum Gasteiger partial charge on any atom is 0.133 e. The highest BCUT2D eigenvalue weighted by Crippen LogP contribution is 2.42. The van der Waals surface area contributed by atoms with Crippen molar-refractivity contribution in [2.24, 2.45) is 0 Å². The molecule has 0 bridgehead atoms. The molecule has 1 atom stereocenters. The summed E-state index contributed by atoms with van der Waals surface area (Å²) in [6.07, 6.45) is 2.55. The largest absolute Gasteiger partial charge is 0.300 e. The molecule has 1 unspecified atom stereocenters. The molecule has 2 heteroatoms. The third kappa shape index (κ3) is 1.44. The summed E-state index contributed by atoms with van der Waals surface area (Å²) < 4.78 is 0. The van der Waals surface area contributed by atoms with Gasteiger partial charge in [-0.1, -0.05) is 6.92 Å². The Morgan fingerprint density at radius 3 is 2.77 bits per heavy atom. The van der Waals surface area contributed by atoms with Crippen molar-refractivity contribution in [3.05, 3.63) is 21.9 Å². The van der Waals surface area contributed by atoms with Crippen LogP contribution in [0.1, 0.15) is 36.6 Å². The lowest BCUT2D eigenvalue weighted by molar-refractivity contribution is -0.117. The van der Waals surface area contributed by atoms with E-state index in [4.69, 9.17) is 0 Å². The highest BCUT2D eigenvalue weighted by Gasteiger charge is 2.37. The number of hydrogen-bond acceptors (Lipinski definition) is 2. The van der Waals surface area contributed by atoms with Crippen LogP contribution in [0, 0.1) is 6.92 Å². The number of ketones is 1. The first-order valence-electron chi connectivity index (χ1n) is 4.68. The Balaban J connectivity index is 2.35. The molecule has 1 fully saturated rings.